The monoisotopic (exact) mass is 222 g/mol. The van der Waals surface area contributed by atoms with Gasteiger partial charge < -0.3 is 10.2 Å². The summed E-state index contributed by atoms with van der Waals surface area (Å²) in [6.45, 7) is 5.37. The highest BCUT2D eigenvalue weighted by Crippen LogP contribution is 2.30. The molecule has 1 saturated heterocycles. The third-order valence-corrected chi connectivity index (χ3v) is 4.64. The van der Waals surface area contributed by atoms with Gasteiger partial charge in [-0.3, -0.25) is 0 Å². The van der Waals surface area contributed by atoms with Crippen molar-refractivity contribution in [2.45, 2.75) is 51.0 Å². The highest BCUT2D eigenvalue weighted by Gasteiger charge is 2.28. The molecule has 0 aromatic heterocycles. The maximum Gasteiger partial charge on any atom is 0.0195 e. The molecule has 1 unspecified atom stereocenters. The Hall–Kier alpha value is -0.0800. The number of nitrogens with zero attached hydrogens (tertiary/aromatic N) is 1. The van der Waals surface area contributed by atoms with Crippen molar-refractivity contribution in [1.82, 2.24) is 10.2 Å². The first-order valence-electron chi connectivity index (χ1n) is 7.36. The number of hydrogen-bond acceptors (Lipinski definition) is 2. The zero-order valence-electron chi connectivity index (χ0n) is 10.5. The van der Waals surface area contributed by atoms with Gasteiger partial charge in [0.05, 0.1) is 0 Å². The predicted molar refractivity (Wildman–Crippen MR) is 67.5 cm³/mol. The van der Waals surface area contributed by atoms with Gasteiger partial charge in [-0.25, -0.2) is 0 Å². The molecule has 0 spiro atoms. The summed E-state index contributed by atoms with van der Waals surface area (Å²) >= 11 is 0. The Balaban J connectivity index is 1.36. The van der Waals surface area contributed by atoms with Gasteiger partial charge in [-0.15, -0.1) is 0 Å². The molecule has 3 rings (SSSR count). The number of rotatable bonds is 5. The lowest BCUT2D eigenvalue weighted by molar-refractivity contribution is 0.174. The molecule has 92 valence electrons. The van der Waals surface area contributed by atoms with Gasteiger partial charge in [-0.05, 0) is 63.5 Å². The minimum absolute atomic E-state index is 0.799. The summed E-state index contributed by atoms with van der Waals surface area (Å²) in [5.74, 6) is 2.07. The van der Waals surface area contributed by atoms with Crippen LogP contribution in [0.15, 0.2) is 0 Å². The number of hydrogen-bond donors (Lipinski definition) is 1. The fraction of sp³-hybridized carbons (Fsp3) is 1.00. The maximum absolute atomic E-state index is 3.81. The molecule has 16 heavy (non-hydrogen) atoms. The van der Waals surface area contributed by atoms with Gasteiger partial charge in [0.1, 0.15) is 0 Å². The van der Waals surface area contributed by atoms with Gasteiger partial charge in [0.2, 0.25) is 0 Å². The lowest BCUT2D eigenvalue weighted by atomic mass is 9.85. The smallest absolute Gasteiger partial charge is 0.0195 e. The molecule has 1 atom stereocenters. The first-order valence-corrected chi connectivity index (χ1v) is 7.36. The van der Waals surface area contributed by atoms with E-state index in [1.165, 1.54) is 71.1 Å². The molecule has 0 radical (unpaired) electrons. The average molecular weight is 222 g/mol. The predicted octanol–water partition coefficient (Wildman–Crippen LogP) is 2.25. The number of likely N-dealkylation sites (tertiary alicyclic amines) is 1. The van der Waals surface area contributed by atoms with Crippen molar-refractivity contribution >= 4 is 0 Å². The first kappa shape index (κ1) is 11.0. The molecule has 0 bridgehead atoms. The van der Waals surface area contributed by atoms with Crippen LogP contribution in [0.25, 0.3) is 0 Å². The standard InChI is InChI=1S/C14H26N2/c1-3-12(4-1)9-15-14-5-2-8-16(11-14)10-13-6-7-13/h12-15H,1-11H2. The fourth-order valence-electron chi connectivity index (χ4n) is 3.08. The van der Waals surface area contributed by atoms with Crippen molar-refractivity contribution in [3.63, 3.8) is 0 Å². The molecule has 0 aromatic carbocycles. The molecule has 2 nitrogen and oxygen atoms in total. The van der Waals surface area contributed by atoms with Crippen LogP contribution in [-0.2, 0) is 0 Å². The van der Waals surface area contributed by atoms with Crippen molar-refractivity contribution in [3.05, 3.63) is 0 Å². The Labute approximate surface area is 99.8 Å². The lowest BCUT2D eigenvalue weighted by Gasteiger charge is -2.35. The third-order valence-electron chi connectivity index (χ3n) is 4.64. The largest absolute Gasteiger partial charge is 0.312 e. The van der Waals surface area contributed by atoms with E-state index in [4.69, 9.17) is 0 Å². The van der Waals surface area contributed by atoms with Crippen LogP contribution in [0.5, 0.6) is 0 Å². The molecular formula is C14H26N2. The van der Waals surface area contributed by atoms with Crippen molar-refractivity contribution in [2.24, 2.45) is 11.8 Å². The van der Waals surface area contributed by atoms with Crippen LogP contribution in [-0.4, -0.2) is 37.1 Å². The average Bonchev–Trinajstić information content (AvgIpc) is 3.00. The van der Waals surface area contributed by atoms with E-state index in [0.29, 0.717) is 0 Å². The highest BCUT2D eigenvalue weighted by molar-refractivity contribution is 4.84. The van der Waals surface area contributed by atoms with Crippen LogP contribution in [0.1, 0.15) is 44.9 Å². The zero-order valence-corrected chi connectivity index (χ0v) is 10.5. The van der Waals surface area contributed by atoms with Crippen LogP contribution in [0, 0.1) is 11.8 Å². The van der Waals surface area contributed by atoms with E-state index in [0.717, 1.165) is 17.9 Å². The first-order chi connectivity index (χ1) is 7.90. The second kappa shape index (κ2) is 5.05. The molecule has 2 aliphatic carbocycles. The third kappa shape index (κ3) is 2.98. The van der Waals surface area contributed by atoms with Gasteiger partial charge in [0, 0.05) is 19.1 Å². The van der Waals surface area contributed by atoms with Crippen LogP contribution < -0.4 is 5.32 Å². The minimum atomic E-state index is 0.799. The molecule has 3 fully saturated rings. The Morgan fingerprint density at radius 1 is 0.938 bits per heavy atom. The maximum atomic E-state index is 3.81. The quantitative estimate of drug-likeness (QED) is 0.767. The molecule has 0 amide bonds. The van der Waals surface area contributed by atoms with E-state index in [1.54, 1.807) is 0 Å². The summed E-state index contributed by atoms with van der Waals surface area (Å²) in [5.41, 5.74) is 0. The normalized spacial score (nSPS) is 32.6. The molecule has 3 aliphatic rings. The van der Waals surface area contributed by atoms with Gasteiger partial charge in [-0.1, -0.05) is 6.42 Å². The van der Waals surface area contributed by atoms with Crippen LogP contribution >= 0.6 is 0 Å². The highest BCUT2D eigenvalue weighted by atomic mass is 15.2. The summed E-state index contributed by atoms with van der Waals surface area (Å²) in [6.07, 6.45) is 10.2. The van der Waals surface area contributed by atoms with Crippen molar-refractivity contribution in [2.75, 3.05) is 26.2 Å². The summed E-state index contributed by atoms with van der Waals surface area (Å²) in [6, 6.07) is 0.799. The van der Waals surface area contributed by atoms with Crippen molar-refractivity contribution in [1.29, 1.82) is 0 Å². The summed E-state index contributed by atoms with van der Waals surface area (Å²) in [4.78, 5) is 2.71. The van der Waals surface area contributed by atoms with E-state index in [9.17, 15) is 0 Å². The van der Waals surface area contributed by atoms with E-state index in [1.807, 2.05) is 0 Å². The molecule has 0 aromatic rings. The Bertz CT molecular complexity index is 221. The van der Waals surface area contributed by atoms with Crippen molar-refractivity contribution < 1.29 is 0 Å². The summed E-state index contributed by atoms with van der Waals surface area (Å²) in [5, 5.41) is 3.81. The number of piperidine rings is 1. The molecule has 1 aliphatic heterocycles. The lowest BCUT2D eigenvalue weighted by Crippen LogP contribution is -2.47. The summed E-state index contributed by atoms with van der Waals surface area (Å²) < 4.78 is 0. The van der Waals surface area contributed by atoms with Crippen LogP contribution in [0.3, 0.4) is 0 Å². The molecule has 1 N–H and O–H groups in total. The SMILES string of the molecule is C1CC(CNC2CCCN(CC3CC3)C2)C1. The molecule has 2 heteroatoms. The second-order valence-corrected chi connectivity index (χ2v) is 6.25. The van der Waals surface area contributed by atoms with Crippen LogP contribution in [0.4, 0.5) is 0 Å². The van der Waals surface area contributed by atoms with Gasteiger partial charge >= 0.3 is 0 Å². The van der Waals surface area contributed by atoms with E-state index >= 15 is 0 Å². The molecule has 1 heterocycles. The summed E-state index contributed by atoms with van der Waals surface area (Å²) in [7, 11) is 0. The minimum Gasteiger partial charge on any atom is -0.312 e. The Kier molecular flexibility index (Phi) is 3.49. The second-order valence-electron chi connectivity index (χ2n) is 6.25. The van der Waals surface area contributed by atoms with Gasteiger partial charge in [0.25, 0.3) is 0 Å². The van der Waals surface area contributed by atoms with E-state index < -0.39 is 0 Å². The topological polar surface area (TPSA) is 15.3 Å². The van der Waals surface area contributed by atoms with Gasteiger partial charge in [0.15, 0.2) is 0 Å². The number of nitrogens with one attached hydrogen (secondary N) is 1. The van der Waals surface area contributed by atoms with Crippen molar-refractivity contribution in [3.8, 4) is 0 Å². The van der Waals surface area contributed by atoms with E-state index in [2.05, 4.69) is 10.2 Å². The molecular weight excluding hydrogens is 196 g/mol. The Morgan fingerprint density at radius 3 is 2.50 bits per heavy atom. The zero-order chi connectivity index (χ0) is 10.8. The Morgan fingerprint density at radius 2 is 1.81 bits per heavy atom. The van der Waals surface area contributed by atoms with Crippen LogP contribution in [0.2, 0.25) is 0 Å². The van der Waals surface area contributed by atoms with E-state index in [-0.39, 0.29) is 0 Å². The fourth-order valence-corrected chi connectivity index (χ4v) is 3.08. The molecule has 2 saturated carbocycles. The van der Waals surface area contributed by atoms with Gasteiger partial charge in [-0.2, -0.15) is 0 Å².